The first-order chi connectivity index (χ1) is 10.1. The van der Waals surface area contributed by atoms with Gasteiger partial charge in [-0.3, -0.25) is 4.79 Å². The van der Waals surface area contributed by atoms with Crippen molar-refractivity contribution in [2.75, 3.05) is 5.32 Å². The standard InChI is InChI=1S/C17H19N3O/c18-14-10-16(13-7-3-2-6-12(13)14)20-15-8-4-1-5-11(15)9-17(19)21/h1-8,14,16,20H,9-10,18H2,(H2,19,21). The van der Waals surface area contributed by atoms with Crippen molar-refractivity contribution in [1.82, 2.24) is 0 Å². The Labute approximate surface area is 124 Å². The third-order valence-corrected chi connectivity index (χ3v) is 3.97. The van der Waals surface area contributed by atoms with Crippen LogP contribution in [-0.2, 0) is 11.2 Å². The molecule has 4 heteroatoms. The van der Waals surface area contributed by atoms with Gasteiger partial charge in [-0.25, -0.2) is 0 Å². The smallest absolute Gasteiger partial charge is 0.221 e. The van der Waals surface area contributed by atoms with Gasteiger partial charge in [0.05, 0.1) is 12.5 Å². The maximum atomic E-state index is 11.2. The normalized spacial score (nSPS) is 20.0. The van der Waals surface area contributed by atoms with Gasteiger partial charge in [0.15, 0.2) is 0 Å². The van der Waals surface area contributed by atoms with Crippen LogP contribution in [0.15, 0.2) is 48.5 Å². The summed E-state index contributed by atoms with van der Waals surface area (Å²) in [7, 11) is 0. The zero-order valence-corrected chi connectivity index (χ0v) is 11.8. The summed E-state index contributed by atoms with van der Waals surface area (Å²) in [6.45, 7) is 0. The molecule has 0 aromatic heterocycles. The number of nitrogens with one attached hydrogen (secondary N) is 1. The van der Waals surface area contributed by atoms with E-state index in [9.17, 15) is 4.79 Å². The molecule has 2 unspecified atom stereocenters. The maximum absolute atomic E-state index is 11.2. The highest BCUT2D eigenvalue weighted by atomic mass is 16.1. The number of benzene rings is 2. The van der Waals surface area contributed by atoms with Gasteiger partial charge < -0.3 is 16.8 Å². The molecule has 1 amide bonds. The lowest BCUT2D eigenvalue weighted by Gasteiger charge is -2.18. The molecule has 2 aromatic carbocycles. The molecule has 0 fully saturated rings. The Bertz CT molecular complexity index is 669. The van der Waals surface area contributed by atoms with Crippen LogP contribution in [0.25, 0.3) is 0 Å². The summed E-state index contributed by atoms with van der Waals surface area (Å²) in [4.78, 5) is 11.2. The molecule has 1 aliphatic rings. The molecule has 2 atom stereocenters. The Kier molecular flexibility index (Phi) is 3.62. The molecule has 2 aromatic rings. The van der Waals surface area contributed by atoms with Crippen molar-refractivity contribution in [2.45, 2.75) is 24.9 Å². The Balaban J connectivity index is 1.87. The monoisotopic (exact) mass is 281 g/mol. The number of anilines is 1. The van der Waals surface area contributed by atoms with Crippen LogP contribution in [-0.4, -0.2) is 5.91 Å². The summed E-state index contributed by atoms with van der Waals surface area (Å²) in [6.07, 6.45) is 1.09. The Morgan fingerprint density at radius 3 is 2.52 bits per heavy atom. The fourth-order valence-electron chi connectivity index (χ4n) is 3.00. The molecule has 1 aliphatic carbocycles. The summed E-state index contributed by atoms with van der Waals surface area (Å²) in [5.41, 5.74) is 15.8. The largest absolute Gasteiger partial charge is 0.378 e. The van der Waals surface area contributed by atoms with Crippen molar-refractivity contribution in [3.05, 3.63) is 65.2 Å². The van der Waals surface area contributed by atoms with Crippen LogP contribution in [0.1, 0.15) is 35.2 Å². The van der Waals surface area contributed by atoms with Gasteiger partial charge in [0.1, 0.15) is 0 Å². The Morgan fingerprint density at radius 2 is 1.76 bits per heavy atom. The summed E-state index contributed by atoms with van der Waals surface area (Å²) < 4.78 is 0. The number of hydrogen-bond acceptors (Lipinski definition) is 3. The molecule has 0 aliphatic heterocycles. The number of para-hydroxylation sites is 1. The fourth-order valence-corrected chi connectivity index (χ4v) is 3.00. The topological polar surface area (TPSA) is 81.1 Å². The number of nitrogens with two attached hydrogens (primary N) is 2. The quantitative estimate of drug-likeness (QED) is 0.804. The highest BCUT2D eigenvalue weighted by molar-refractivity contribution is 5.78. The van der Waals surface area contributed by atoms with E-state index in [4.69, 9.17) is 11.5 Å². The molecule has 0 saturated heterocycles. The van der Waals surface area contributed by atoms with E-state index in [0.29, 0.717) is 0 Å². The van der Waals surface area contributed by atoms with Crippen LogP contribution in [0.4, 0.5) is 5.69 Å². The number of primary amides is 1. The molecule has 108 valence electrons. The number of hydrogen-bond donors (Lipinski definition) is 3. The van der Waals surface area contributed by atoms with Crippen LogP contribution < -0.4 is 16.8 Å². The molecule has 3 rings (SSSR count). The van der Waals surface area contributed by atoms with Gasteiger partial charge in [0, 0.05) is 11.7 Å². The van der Waals surface area contributed by atoms with Crippen molar-refractivity contribution in [1.29, 1.82) is 0 Å². The van der Waals surface area contributed by atoms with Crippen LogP contribution in [0.3, 0.4) is 0 Å². The fraction of sp³-hybridized carbons (Fsp3) is 0.235. The highest BCUT2D eigenvalue weighted by Crippen LogP contribution is 2.39. The predicted molar refractivity (Wildman–Crippen MR) is 83.7 cm³/mol. The zero-order valence-electron chi connectivity index (χ0n) is 11.8. The summed E-state index contributed by atoms with van der Waals surface area (Å²) >= 11 is 0. The number of carbonyl (C=O) groups excluding carboxylic acids is 1. The molecular formula is C17H19N3O. The van der Waals surface area contributed by atoms with Crippen LogP contribution in [0.5, 0.6) is 0 Å². The molecular weight excluding hydrogens is 262 g/mol. The SMILES string of the molecule is NC(=O)Cc1ccccc1NC1CC(N)c2ccccc21. The maximum Gasteiger partial charge on any atom is 0.221 e. The van der Waals surface area contributed by atoms with Gasteiger partial charge >= 0.3 is 0 Å². The van der Waals surface area contributed by atoms with Gasteiger partial charge in [-0.05, 0) is 29.2 Å². The van der Waals surface area contributed by atoms with E-state index >= 15 is 0 Å². The van der Waals surface area contributed by atoms with Crippen molar-refractivity contribution >= 4 is 11.6 Å². The van der Waals surface area contributed by atoms with E-state index in [1.165, 1.54) is 11.1 Å². The van der Waals surface area contributed by atoms with E-state index in [1.54, 1.807) is 0 Å². The minimum absolute atomic E-state index is 0.0574. The average molecular weight is 281 g/mol. The summed E-state index contributed by atoms with van der Waals surface area (Å²) in [5.74, 6) is -0.326. The number of amides is 1. The Morgan fingerprint density at radius 1 is 1.10 bits per heavy atom. The average Bonchev–Trinajstić information content (AvgIpc) is 2.78. The lowest BCUT2D eigenvalue weighted by Crippen LogP contribution is -2.16. The van der Waals surface area contributed by atoms with Crippen LogP contribution in [0, 0.1) is 0 Å². The highest BCUT2D eigenvalue weighted by Gasteiger charge is 2.28. The van der Waals surface area contributed by atoms with Gasteiger partial charge in [-0.1, -0.05) is 42.5 Å². The number of carbonyl (C=O) groups is 1. The molecule has 0 radical (unpaired) electrons. The van der Waals surface area contributed by atoms with Crippen molar-refractivity contribution in [3.63, 3.8) is 0 Å². The molecule has 4 nitrogen and oxygen atoms in total. The first-order valence-corrected chi connectivity index (χ1v) is 7.12. The van der Waals surface area contributed by atoms with Gasteiger partial charge in [0.25, 0.3) is 0 Å². The molecule has 0 heterocycles. The first-order valence-electron chi connectivity index (χ1n) is 7.12. The summed E-state index contributed by atoms with van der Waals surface area (Å²) in [6, 6.07) is 16.2. The molecule has 5 N–H and O–H groups in total. The predicted octanol–water partition coefficient (Wildman–Crippen LogP) is 2.27. The molecule has 0 saturated carbocycles. The second kappa shape index (κ2) is 5.58. The third-order valence-electron chi connectivity index (χ3n) is 3.97. The molecule has 0 bridgehead atoms. The minimum Gasteiger partial charge on any atom is -0.378 e. The molecule has 0 spiro atoms. The van der Waals surface area contributed by atoms with Gasteiger partial charge in [-0.15, -0.1) is 0 Å². The minimum atomic E-state index is -0.326. The number of rotatable bonds is 4. The second-order valence-electron chi connectivity index (χ2n) is 5.47. The second-order valence-corrected chi connectivity index (χ2v) is 5.47. The third kappa shape index (κ3) is 2.76. The van der Waals surface area contributed by atoms with E-state index in [0.717, 1.165) is 17.7 Å². The van der Waals surface area contributed by atoms with Crippen molar-refractivity contribution < 1.29 is 4.79 Å². The van der Waals surface area contributed by atoms with Crippen molar-refractivity contribution in [3.8, 4) is 0 Å². The van der Waals surface area contributed by atoms with Crippen LogP contribution >= 0.6 is 0 Å². The van der Waals surface area contributed by atoms with Crippen molar-refractivity contribution in [2.24, 2.45) is 11.5 Å². The molecule has 21 heavy (non-hydrogen) atoms. The van der Waals surface area contributed by atoms with Crippen LogP contribution in [0.2, 0.25) is 0 Å². The zero-order chi connectivity index (χ0) is 14.8. The Hall–Kier alpha value is -2.33. The van der Waals surface area contributed by atoms with Gasteiger partial charge in [-0.2, -0.15) is 0 Å². The van der Waals surface area contributed by atoms with E-state index in [1.807, 2.05) is 36.4 Å². The summed E-state index contributed by atoms with van der Waals surface area (Å²) in [5, 5.41) is 3.51. The lowest BCUT2D eigenvalue weighted by molar-refractivity contribution is -0.117. The van der Waals surface area contributed by atoms with E-state index in [-0.39, 0.29) is 24.4 Å². The van der Waals surface area contributed by atoms with E-state index in [2.05, 4.69) is 17.4 Å². The lowest BCUT2D eigenvalue weighted by atomic mass is 10.1. The van der Waals surface area contributed by atoms with Gasteiger partial charge in [0.2, 0.25) is 5.91 Å². The first kappa shape index (κ1) is 13.6. The van der Waals surface area contributed by atoms with E-state index < -0.39 is 0 Å². The number of fused-ring (bicyclic) bond motifs is 1.